The van der Waals surface area contributed by atoms with Crippen LogP contribution >= 0.6 is 15.9 Å². The number of benzene rings is 1. The molecular formula is C9H8BrNO5. The van der Waals surface area contributed by atoms with E-state index in [1.807, 2.05) is 0 Å². The number of aldehydes is 1. The summed E-state index contributed by atoms with van der Waals surface area (Å²) in [5, 5.41) is 10.8. The number of ether oxygens (including phenoxy) is 2. The van der Waals surface area contributed by atoms with Crippen LogP contribution in [0.25, 0.3) is 0 Å². The van der Waals surface area contributed by atoms with Gasteiger partial charge in [-0.15, -0.1) is 0 Å². The first-order valence-corrected chi connectivity index (χ1v) is 4.90. The van der Waals surface area contributed by atoms with Gasteiger partial charge in [-0.3, -0.25) is 14.9 Å². The van der Waals surface area contributed by atoms with Crippen LogP contribution in [0.4, 0.5) is 5.69 Å². The van der Waals surface area contributed by atoms with Crippen molar-refractivity contribution in [2.75, 3.05) is 14.2 Å². The van der Waals surface area contributed by atoms with Crippen LogP contribution in [0, 0.1) is 10.1 Å². The molecule has 0 aliphatic rings. The molecule has 0 aromatic heterocycles. The van der Waals surface area contributed by atoms with Crippen LogP contribution in [-0.4, -0.2) is 25.4 Å². The molecule has 7 heteroatoms. The molecule has 0 radical (unpaired) electrons. The van der Waals surface area contributed by atoms with E-state index in [-0.39, 0.29) is 21.5 Å². The predicted molar refractivity (Wildman–Crippen MR) is 59.3 cm³/mol. The minimum absolute atomic E-state index is 0.0212. The molecule has 0 aliphatic heterocycles. The highest BCUT2D eigenvalue weighted by Gasteiger charge is 2.26. The van der Waals surface area contributed by atoms with E-state index in [0.717, 1.165) is 0 Å². The van der Waals surface area contributed by atoms with E-state index in [1.165, 1.54) is 20.3 Å². The number of nitrogens with zero attached hydrogens (tertiary/aromatic N) is 1. The van der Waals surface area contributed by atoms with E-state index >= 15 is 0 Å². The van der Waals surface area contributed by atoms with Gasteiger partial charge in [0.2, 0.25) is 5.75 Å². The summed E-state index contributed by atoms with van der Waals surface area (Å²) in [6.45, 7) is 0. The van der Waals surface area contributed by atoms with Crippen molar-refractivity contribution in [3.63, 3.8) is 0 Å². The van der Waals surface area contributed by atoms with Crippen molar-refractivity contribution in [2.24, 2.45) is 0 Å². The van der Waals surface area contributed by atoms with Gasteiger partial charge in [0.15, 0.2) is 6.29 Å². The SMILES string of the molecule is COc1cc(OC)c([N+](=O)[O-])c(C=O)c1Br. The second-order valence-corrected chi connectivity index (χ2v) is 3.53. The zero-order chi connectivity index (χ0) is 12.3. The van der Waals surface area contributed by atoms with Gasteiger partial charge in [0.05, 0.1) is 23.6 Å². The Balaban J connectivity index is 3.63. The molecule has 0 heterocycles. The van der Waals surface area contributed by atoms with Gasteiger partial charge in [-0.05, 0) is 15.9 Å². The molecule has 0 amide bonds. The average molecular weight is 290 g/mol. The van der Waals surface area contributed by atoms with Gasteiger partial charge in [-0.2, -0.15) is 0 Å². The molecule has 0 aliphatic carbocycles. The minimum Gasteiger partial charge on any atom is -0.495 e. The van der Waals surface area contributed by atoms with Crippen LogP contribution in [0.3, 0.4) is 0 Å². The molecule has 0 unspecified atom stereocenters. The Labute approximate surface area is 99.4 Å². The number of carbonyl (C=O) groups is 1. The molecule has 6 nitrogen and oxygen atoms in total. The van der Waals surface area contributed by atoms with E-state index in [2.05, 4.69) is 15.9 Å². The third-order valence-electron chi connectivity index (χ3n) is 1.94. The van der Waals surface area contributed by atoms with Crippen LogP contribution in [0.2, 0.25) is 0 Å². The number of nitro benzene ring substituents is 1. The number of carbonyl (C=O) groups excluding carboxylic acids is 1. The highest BCUT2D eigenvalue weighted by Crippen LogP contribution is 2.41. The van der Waals surface area contributed by atoms with Crippen molar-refractivity contribution in [1.29, 1.82) is 0 Å². The molecular weight excluding hydrogens is 282 g/mol. The molecule has 1 rings (SSSR count). The average Bonchev–Trinajstić information content (AvgIpc) is 2.27. The van der Waals surface area contributed by atoms with Gasteiger partial charge in [0.25, 0.3) is 0 Å². The first kappa shape index (κ1) is 12.4. The lowest BCUT2D eigenvalue weighted by Crippen LogP contribution is -2.01. The molecule has 0 saturated carbocycles. The summed E-state index contributed by atoms with van der Waals surface area (Å²) in [6.07, 6.45) is 0.382. The maximum Gasteiger partial charge on any atom is 0.322 e. The molecule has 1 aromatic carbocycles. The van der Waals surface area contributed by atoms with Crippen LogP contribution in [-0.2, 0) is 0 Å². The van der Waals surface area contributed by atoms with Crippen molar-refractivity contribution in [2.45, 2.75) is 0 Å². The van der Waals surface area contributed by atoms with E-state index < -0.39 is 4.92 Å². The fourth-order valence-corrected chi connectivity index (χ4v) is 1.78. The molecule has 86 valence electrons. The second-order valence-electron chi connectivity index (χ2n) is 2.73. The lowest BCUT2D eigenvalue weighted by molar-refractivity contribution is -0.386. The smallest absolute Gasteiger partial charge is 0.322 e. The summed E-state index contributed by atoms with van der Waals surface area (Å²) in [7, 11) is 2.67. The topological polar surface area (TPSA) is 78.7 Å². The summed E-state index contributed by atoms with van der Waals surface area (Å²) in [5.74, 6) is 0.275. The zero-order valence-corrected chi connectivity index (χ0v) is 10.1. The number of hydrogen-bond acceptors (Lipinski definition) is 5. The number of methoxy groups -OCH3 is 2. The Morgan fingerprint density at radius 2 is 1.94 bits per heavy atom. The number of nitro groups is 1. The Morgan fingerprint density at radius 3 is 2.31 bits per heavy atom. The highest BCUT2D eigenvalue weighted by molar-refractivity contribution is 9.10. The molecule has 0 N–H and O–H groups in total. The van der Waals surface area contributed by atoms with Crippen LogP contribution in [0.15, 0.2) is 10.5 Å². The van der Waals surface area contributed by atoms with Gasteiger partial charge in [-0.25, -0.2) is 0 Å². The summed E-state index contributed by atoms with van der Waals surface area (Å²) in [5.41, 5.74) is -0.494. The maximum atomic E-state index is 10.8. The fourth-order valence-electron chi connectivity index (χ4n) is 1.22. The first-order chi connectivity index (χ1) is 7.56. The molecule has 0 bridgehead atoms. The monoisotopic (exact) mass is 289 g/mol. The van der Waals surface area contributed by atoms with Crippen molar-refractivity contribution >= 4 is 27.9 Å². The molecule has 0 saturated heterocycles. The van der Waals surface area contributed by atoms with Gasteiger partial charge < -0.3 is 9.47 Å². The minimum atomic E-state index is -0.674. The normalized spacial score (nSPS) is 9.69. The Morgan fingerprint density at radius 1 is 1.38 bits per heavy atom. The largest absolute Gasteiger partial charge is 0.495 e. The van der Waals surface area contributed by atoms with E-state index in [9.17, 15) is 14.9 Å². The van der Waals surface area contributed by atoms with Gasteiger partial charge in [-0.1, -0.05) is 0 Å². The van der Waals surface area contributed by atoms with Crippen molar-refractivity contribution < 1.29 is 19.2 Å². The Kier molecular flexibility index (Phi) is 3.83. The van der Waals surface area contributed by atoms with Crippen LogP contribution in [0.5, 0.6) is 11.5 Å². The van der Waals surface area contributed by atoms with Crippen molar-refractivity contribution in [1.82, 2.24) is 0 Å². The summed E-state index contributed by atoms with van der Waals surface area (Å²) < 4.78 is 10.0. The summed E-state index contributed by atoms with van der Waals surface area (Å²) in [4.78, 5) is 21.0. The summed E-state index contributed by atoms with van der Waals surface area (Å²) >= 11 is 3.07. The standard InChI is InChI=1S/C9H8BrNO5/c1-15-6-3-7(16-2)9(11(13)14)5(4-12)8(6)10/h3-4H,1-2H3. The molecule has 1 aromatic rings. The number of hydrogen-bond donors (Lipinski definition) is 0. The van der Waals surface area contributed by atoms with Gasteiger partial charge >= 0.3 is 5.69 Å². The predicted octanol–water partition coefficient (Wildman–Crippen LogP) is 2.19. The number of rotatable bonds is 4. The van der Waals surface area contributed by atoms with Crippen LogP contribution in [0.1, 0.15) is 10.4 Å². The fraction of sp³-hybridized carbons (Fsp3) is 0.222. The highest BCUT2D eigenvalue weighted by atomic mass is 79.9. The second kappa shape index (κ2) is 4.93. The third-order valence-corrected chi connectivity index (χ3v) is 2.76. The number of halogens is 1. The summed E-state index contributed by atoms with van der Waals surface area (Å²) in [6, 6.07) is 1.34. The van der Waals surface area contributed by atoms with E-state index in [0.29, 0.717) is 12.0 Å². The maximum absolute atomic E-state index is 10.8. The Bertz CT molecular complexity index is 446. The Hall–Kier alpha value is -1.63. The quantitative estimate of drug-likeness (QED) is 0.482. The lowest BCUT2D eigenvalue weighted by atomic mass is 10.1. The zero-order valence-electron chi connectivity index (χ0n) is 8.52. The molecule has 0 fully saturated rings. The first-order valence-electron chi connectivity index (χ1n) is 4.10. The van der Waals surface area contributed by atoms with E-state index in [4.69, 9.17) is 9.47 Å². The lowest BCUT2D eigenvalue weighted by Gasteiger charge is -2.09. The molecule has 0 atom stereocenters. The van der Waals surface area contributed by atoms with Crippen LogP contribution < -0.4 is 9.47 Å². The molecule has 0 spiro atoms. The van der Waals surface area contributed by atoms with Crippen molar-refractivity contribution in [3.8, 4) is 11.5 Å². The van der Waals surface area contributed by atoms with Crippen molar-refractivity contribution in [3.05, 3.63) is 26.2 Å². The van der Waals surface area contributed by atoms with Gasteiger partial charge in [0.1, 0.15) is 11.3 Å². The molecule has 16 heavy (non-hydrogen) atoms. The van der Waals surface area contributed by atoms with E-state index in [1.54, 1.807) is 0 Å². The third kappa shape index (κ3) is 1.99. The van der Waals surface area contributed by atoms with Gasteiger partial charge in [0, 0.05) is 6.07 Å².